The van der Waals surface area contributed by atoms with E-state index in [0.717, 1.165) is 19.3 Å². The van der Waals surface area contributed by atoms with Crippen LogP contribution in [0.3, 0.4) is 0 Å². The Labute approximate surface area is 159 Å². The molecular formula is C21H39NO4. The molecule has 1 aliphatic rings. The topological polar surface area (TPSA) is 77.8 Å². The van der Waals surface area contributed by atoms with Crippen molar-refractivity contribution in [3.05, 3.63) is 0 Å². The van der Waals surface area contributed by atoms with Crippen LogP contribution < -0.4 is 0 Å². The predicted octanol–water partition coefficient (Wildman–Crippen LogP) is 4.51. The molecule has 152 valence electrons. The van der Waals surface area contributed by atoms with Gasteiger partial charge in [0, 0.05) is 19.4 Å². The summed E-state index contributed by atoms with van der Waals surface area (Å²) in [6.07, 6.45) is 16.2. The molecule has 0 aromatic carbocycles. The molecule has 0 aromatic rings. The molecule has 26 heavy (non-hydrogen) atoms. The van der Waals surface area contributed by atoms with Crippen molar-refractivity contribution in [2.24, 2.45) is 0 Å². The number of amides is 1. The zero-order valence-corrected chi connectivity index (χ0v) is 16.6. The average Bonchev–Trinajstić information content (AvgIpc) is 3.01. The molecule has 5 nitrogen and oxygen atoms in total. The third-order valence-electron chi connectivity index (χ3n) is 5.38. The molecule has 0 radical (unpaired) electrons. The van der Waals surface area contributed by atoms with Gasteiger partial charge in [-0.25, -0.2) is 4.79 Å². The number of aliphatic hydroxyl groups excluding tert-OH is 1. The van der Waals surface area contributed by atoms with Crippen molar-refractivity contribution in [1.29, 1.82) is 0 Å². The zero-order chi connectivity index (χ0) is 19.2. The van der Waals surface area contributed by atoms with Crippen molar-refractivity contribution >= 4 is 11.9 Å². The standard InChI is InChI=1S/C21H39NO4/c1-2-3-4-5-6-7-8-9-10-11-12-13-14-15-20(24)22-17-18(23)16-19(22)21(25)26/h18-19,23H,2-17H2,1H3,(H,25,26)/t18?,19-/m0/s1. The number of carboxylic acid groups (broad SMARTS) is 1. The highest BCUT2D eigenvalue weighted by molar-refractivity contribution is 5.84. The Hall–Kier alpha value is -1.10. The lowest BCUT2D eigenvalue weighted by Gasteiger charge is -2.21. The van der Waals surface area contributed by atoms with Gasteiger partial charge < -0.3 is 15.1 Å². The number of β-amino-alcohol motifs (C(OH)–C–C–N with tert-alkyl or cyclic N) is 1. The maximum atomic E-state index is 12.2. The van der Waals surface area contributed by atoms with Gasteiger partial charge in [-0.05, 0) is 6.42 Å². The van der Waals surface area contributed by atoms with Gasteiger partial charge in [-0.2, -0.15) is 0 Å². The number of carbonyl (C=O) groups is 2. The van der Waals surface area contributed by atoms with E-state index in [1.54, 1.807) is 0 Å². The third-order valence-corrected chi connectivity index (χ3v) is 5.38. The van der Waals surface area contributed by atoms with Crippen molar-refractivity contribution in [3.63, 3.8) is 0 Å². The van der Waals surface area contributed by atoms with Crippen LogP contribution in [0.15, 0.2) is 0 Å². The summed E-state index contributed by atoms with van der Waals surface area (Å²) in [6.45, 7) is 2.41. The highest BCUT2D eigenvalue weighted by atomic mass is 16.4. The van der Waals surface area contributed by atoms with E-state index in [1.807, 2.05) is 0 Å². The second-order valence-corrected chi connectivity index (χ2v) is 7.78. The van der Waals surface area contributed by atoms with Crippen molar-refractivity contribution < 1.29 is 19.8 Å². The molecule has 1 fully saturated rings. The minimum absolute atomic E-state index is 0.128. The van der Waals surface area contributed by atoms with Crippen LogP contribution in [0.1, 0.15) is 103 Å². The number of nitrogens with zero attached hydrogens (tertiary/aromatic N) is 1. The lowest BCUT2D eigenvalue weighted by Crippen LogP contribution is -2.40. The smallest absolute Gasteiger partial charge is 0.326 e. The minimum Gasteiger partial charge on any atom is -0.480 e. The number of rotatable bonds is 15. The summed E-state index contributed by atoms with van der Waals surface area (Å²) in [7, 11) is 0. The van der Waals surface area contributed by atoms with Gasteiger partial charge in [0.25, 0.3) is 0 Å². The van der Waals surface area contributed by atoms with Crippen molar-refractivity contribution in [2.45, 2.75) is 115 Å². The quantitative estimate of drug-likeness (QED) is 0.416. The van der Waals surface area contributed by atoms with E-state index in [2.05, 4.69) is 6.92 Å². The van der Waals surface area contributed by atoms with Gasteiger partial charge in [-0.1, -0.05) is 84.0 Å². The number of hydrogen-bond acceptors (Lipinski definition) is 3. The molecule has 1 rings (SSSR count). The highest BCUT2D eigenvalue weighted by Gasteiger charge is 2.38. The number of likely N-dealkylation sites (tertiary alicyclic amines) is 1. The molecule has 0 bridgehead atoms. The first-order chi connectivity index (χ1) is 12.6. The minimum atomic E-state index is -1.01. The SMILES string of the molecule is CCCCCCCCCCCCCCCC(=O)N1CC(O)C[C@H]1C(=O)O. The number of aliphatic hydroxyl groups is 1. The number of carbonyl (C=O) groups excluding carboxylic acids is 1. The largest absolute Gasteiger partial charge is 0.480 e. The molecule has 0 spiro atoms. The van der Waals surface area contributed by atoms with E-state index in [0.29, 0.717) is 6.42 Å². The monoisotopic (exact) mass is 369 g/mol. The molecule has 0 aliphatic carbocycles. The fourth-order valence-corrected chi connectivity index (χ4v) is 3.76. The van der Waals surface area contributed by atoms with E-state index in [9.17, 15) is 14.7 Å². The van der Waals surface area contributed by atoms with Crippen molar-refractivity contribution in [2.75, 3.05) is 6.54 Å². The molecule has 5 heteroatoms. The molecule has 1 amide bonds. The maximum absolute atomic E-state index is 12.2. The predicted molar refractivity (Wildman–Crippen MR) is 104 cm³/mol. The molecule has 1 aliphatic heterocycles. The Balaban J connectivity index is 1.94. The molecular weight excluding hydrogens is 330 g/mol. The summed E-state index contributed by atoms with van der Waals surface area (Å²) in [5, 5.41) is 18.7. The van der Waals surface area contributed by atoms with Gasteiger partial charge in [0.05, 0.1) is 6.10 Å². The molecule has 1 saturated heterocycles. The average molecular weight is 370 g/mol. The second-order valence-electron chi connectivity index (χ2n) is 7.78. The summed E-state index contributed by atoms with van der Waals surface area (Å²) in [5.74, 6) is -1.14. The van der Waals surface area contributed by atoms with Gasteiger partial charge in [0.2, 0.25) is 5.91 Å². The molecule has 1 unspecified atom stereocenters. The number of unbranched alkanes of at least 4 members (excludes halogenated alkanes) is 12. The Bertz CT molecular complexity index is 399. The van der Waals surface area contributed by atoms with Gasteiger partial charge >= 0.3 is 5.97 Å². The first-order valence-corrected chi connectivity index (χ1v) is 10.8. The van der Waals surface area contributed by atoms with E-state index in [1.165, 1.54) is 69.1 Å². The van der Waals surface area contributed by atoms with E-state index in [-0.39, 0.29) is 18.9 Å². The molecule has 1 heterocycles. The normalized spacial score (nSPS) is 19.8. The lowest BCUT2D eigenvalue weighted by molar-refractivity contribution is -0.148. The van der Waals surface area contributed by atoms with Crippen LogP contribution in [-0.2, 0) is 9.59 Å². The first kappa shape index (κ1) is 22.9. The van der Waals surface area contributed by atoms with E-state index in [4.69, 9.17) is 5.11 Å². The Morgan fingerprint density at radius 2 is 1.31 bits per heavy atom. The third kappa shape index (κ3) is 9.56. The lowest BCUT2D eigenvalue weighted by atomic mass is 10.0. The van der Waals surface area contributed by atoms with Crippen LogP contribution in [0.4, 0.5) is 0 Å². The van der Waals surface area contributed by atoms with Crippen molar-refractivity contribution in [1.82, 2.24) is 4.90 Å². The highest BCUT2D eigenvalue weighted by Crippen LogP contribution is 2.20. The summed E-state index contributed by atoms with van der Waals surface area (Å²) in [4.78, 5) is 24.6. The molecule has 2 atom stereocenters. The fraction of sp³-hybridized carbons (Fsp3) is 0.905. The first-order valence-electron chi connectivity index (χ1n) is 10.8. The van der Waals surface area contributed by atoms with Crippen LogP contribution in [0.2, 0.25) is 0 Å². The number of carboxylic acids is 1. The molecule has 0 saturated carbocycles. The Morgan fingerprint density at radius 1 is 0.846 bits per heavy atom. The van der Waals surface area contributed by atoms with Crippen LogP contribution in [-0.4, -0.2) is 45.7 Å². The van der Waals surface area contributed by atoms with Crippen LogP contribution in [0.25, 0.3) is 0 Å². The Morgan fingerprint density at radius 3 is 1.77 bits per heavy atom. The van der Waals surface area contributed by atoms with Gasteiger partial charge in [0.15, 0.2) is 0 Å². The van der Waals surface area contributed by atoms with Gasteiger partial charge in [-0.3, -0.25) is 4.79 Å². The Kier molecular flexibility index (Phi) is 12.4. The van der Waals surface area contributed by atoms with Crippen molar-refractivity contribution in [3.8, 4) is 0 Å². The second kappa shape index (κ2) is 14.0. The van der Waals surface area contributed by atoms with Gasteiger partial charge in [-0.15, -0.1) is 0 Å². The van der Waals surface area contributed by atoms with Crippen LogP contribution >= 0.6 is 0 Å². The number of hydrogen-bond donors (Lipinski definition) is 2. The van der Waals surface area contributed by atoms with Gasteiger partial charge in [0.1, 0.15) is 6.04 Å². The summed E-state index contributed by atoms with van der Waals surface area (Å²) >= 11 is 0. The molecule has 2 N–H and O–H groups in total. The fourth-order valence-electron chi connectivity index (χ4n) is 3.76. The zero-order valence-electron chi connectivity index (χ0n) is 16.6. The van der Waals surface area contributed by atoms with E-state index >= 15 is 0 Å². The molecule has 0 aromatic heterocycles. The summed E-state index contributed by atoms with van der Waals surface area (Å²) in [5.41, 5.74) is 0. The maximum Gasteiger partial charge on any atom is 0.326 e. The van der Waals surface area contributed by atoms with Crippen LogP contribution in [0.5, 0.6) is 0 Å². The summed E-state index contributed by atoms with van der Waals surface area (Å²) in [6, 6.07) is -0.848. The number of aliphatic carboxylic acids is 1. The van der Waals surface area contributed by atoms with Crippen LogP contribution in [0, 0.1) is 0 Å². The van der Waals surface area contributed by atoms with E-state index < -0.39 is 18.1 Å². The summed E-state index contributed by atoms with van der Waals surface area (Å²) < 4.78 is 0.